The Balaban J connectivity index is 1.61. The molecule has 0 aromatic carbocycles. The van der Waals surface area contributed by atoms with Crippen LogP contribution in [0.15, 0.2) is 18.6 Å². The van der Waals surface area contributed by atoms with Gasteiger partial charge < -0.3 is 15.0 Å². The minimum Gasteiger partial charge on any atom is -0.383 e. The molecule has 2 aromatic rings. The molecule has 2 N–H and O–H groups in total. The van der Waals surface area contributed by atoms with Crippen LogP contribution in [-0.2, 0) is 17.7 Å². The first-order valence-corrected chi connectivity index (χ1v) is 8.56. The van der Waals surface area contributed by atoms with Gasteiger partial charge in [0.15, 0.2) is 5.13 Å². The molecule has 0 fully saturated rings. The number of amides is 3. The molecular formula is C15H18N6O3S. The van der Waals surface area contributed by atoms with E-state index in [2.05, 4.69) is 25.6 Å². The zero-order valence-corrected chi connectivity index (χ0v) is 14.5. The average Bonchev–Trinajstić information content (AvgIpc) is 3.03. The Labute approximate surface area is 148 Å². The highest BCUT2D eigenvalue weighted by Gasteiger charge is 2.24. The molecule has 10 heteroatoms. The summed E-state index contributed by atoms with van der Waals surface area (Å²) in [7, 11) is 1.59. The summed E-state index contributed by atoms with van der Waals surface area (Å²) in [4.78, 5) is 39.2. The number of aromatic nitrogens is 3. The van der Waals surface area contributed by atoms with Gasteiger partial charge in [-0.15, -0.1) is 0 Å². The van der Waals surface area contributed by atoms with Crippen LogP contribution >= 0.6 is 11.3 Å². The third kappa shape index (κ3) is 4.28. The highest BCUT2D eigenvalue weighted by atomic mass is 32.1. The van der Waals surface area contributed by atoms with Gasteiger partial charge in [0.1, 0.15) is 5.69 Å². The maximum Gasteiger partial charge on any atom is 0.317 e. The molecular weight excluding hydrogens is 344 g/mol. The molecule has 3 amide bonds. The average molecular weight is 362 g/mol. The molecule has 132 valence electrons. The van der Waals surface area contributed by atoms with E-state index in [0.29, 0.717) is 37.8 Å². The molecule has 0 radical (unpaired) electrons. The highest BCUT2D eigenvalue weighted by Crippen LogP contribution is 2.28. The Morgan fingerprint density at radius 3 is 3.04 bits per heavy atom. The number of methoxy groups -OCH3 is 1. The number of hydrogen-bond acceptors (Lipinski definition) is 7. The Morgan fingerprint density at radius 2 is 2.28 bits per heavy atom. The van der Waals surface area contributed by atoms with Gasteiger partial charge in [-0.2, -0.15) is 0 Å². The molecule has 3 heterocycles. The monoisotopic (exact) mass is 362 g/mol. The van der Waals surface area contributed by atoms with E-state index in [1.54, 1.807) is 12.0 Å². The standard InChI is InChI=1S/C15H18N6O3S/c1-24-7-5-18-15(23)21-6-2-10-12(9-21)25-14(19-10)20-13(22)11-8-16-3-4-17-11/h3-4,8H,2,5-7,9H2,1H3,(H,18,23)(H,19,20,22). The lowest BCUT2D eigenvalue weighted by Crippen LogP contribution is -2.43. The number of carbonyl (C=O) groups is 2. The highest BCUT2D eigenvalue weighted by molar-refractivity contribution is 7.15. The largest absolute Gasteiger partial charge is 0.383 e. The second kappa shape index (κ2) is 7.99. The first-order chi connectivity index (χ1) is 12.2. The van der Waals surface area contributed by atoms with Crippen LogP contribution in [0.5, 0.6) is 0 Å². The summed E-state index contributed by atoms with van der Waals surface area (Å²) in [5.74, 6) is -0.353. The van der Waals surface area contributed by atoms with Crippen LogP contribution in [-0.4, -0.2) is 58.6 Å². The number of nitrogens with one attached hydrogen (secondary N) is 2. The quantitative estimate of drug-likeness (QED) is 0.765. The van der Waals surface area contributed by atoms with Crippen molar-refractivity contribution < 1.29 is 14.3 Å². The fraction of sp³-hybridized carbons (Fsp3) is 0.400. The Bertz CT molecular complexity index is 751. The number of hydrogen-bond donors (Lipinski definition) is 2. The molecule has 3 rings (SSSR count). The van der Waals surface area contributed by atoms with E-state index in [-0.39, 0.29) is 17.6 Å². The summed E-state index contributed by atoms with van der Waals surface area (Å²) < 4.78 is 4.92. The van der Waals surface area contributed by atoms with Gasteiger partial charge in [0, 0.05) is 43.9 Å². The predicted molar refractivity (Wildman–Crippen MR) is 91.5 cm³/mol. The molecule has 9 nitrogen and oxygen atoms in total. The SMILES string of the molecule is COCCNC(=O)N1CCc2nc(NC(=O)c3cnccn3)sc2C1. The van der Waals surface area contributed by atoms with Crippen molar-refractivity contribution in [3.05, 3.63) is 34.9 Å². The van der Waals surface area contributed by atoms with Gasteiger partial charge in [-0.1, -0.05) is 11.3 Å². The Morgan fingerprint density at radius 1 is 1.40 bits per heavy atom. The van der Waals surface area contributed by atoms with Crippen LogP contribution in [0.25, 0.3) is 0 Å². The minimum absolute atomic E-state index is 0.124. The topological polar surface area (TPSA) is 109 Å². The molecule has 1 aliphatic rings. The van der Waals surface area contributed by atoms with Gasteiger partial charge in [-0.05, 0) is 0 Å². The van der Waals surface area contributed by atoms with Crippen molar-refractivity contribution >= 4 is 28.4 Å². The number of anilines is 1. The molecule has 25 heavy (non-hydrogen) atoms. The van der Waals surface area contributed by atoms with Crippen molar-refractivity contribution in [1.29, 1.82) is 0 Å². The summed E-state index contributed by atoms with van der Waals surface area (Å²) in [6.45, 7) is 2.02. The smallest absolute Gasteiger partial charge is 0.317 e. The Kier molecular flexibility index (Phi) is 5.51. The van der Waals surface area contributed by atoms with Gasteiger partial charge in [-0.25, -0.2) is 14.8 Å². The number of ether oxygens (including phenoxy) is 1. The third-order valence-corrected chi connectivity index (χ3v) is 4.61. The van der Waals surface area contributed by atoms with E-state index < -0.39 is 0 Å². The van der Waals surface area contributed by atoms with Gasteiger partial charge in [0.05, 0.1) is 25.0 Å². The van der Waals surface area contributed by atoms with Crippen molar-refractivity contribution in [2.24, 2.45) is 0 Å². The van der Waals surface area contributed by atoms with Gasteiger partial charge >= 0.3 is 6.03 Å². The number of thiazole rings is 1. The predicted octanol–water partition coefficient (Wildman–Crippen LogP) is 0.899. The van der Waals surface area contributed by atoms with E-state index >= 15 is 0 Å². The van der Waals surface area contributed by atoms with E-state index in [1.165, 1.54) is 29.9 Å². The van der Waals surface area contributed by atoms with E-state index in [4.69, 9.17) is 4.74 Å². The normalized spacial score (nSPS) is 13.2. The van der Waals surface area contributed by atoms with Crippen LogP contribution in [0.2, 0.25) is 0 Å². The van der Waals surface area contributed by atoms with E-state index in [1.807, 2.05) is 0 Å². The fourth-order valence-electron chi connectivity index (χ4n) is 2.37. The zero-order valence-electron chi connectivity index (χ0n) is 13.7. The molecule has 0 bridgehead atoms. The number of fused-ring (bicyclic) bond motifs is 1. The third-order valence-electron chi connectivity index (χ3n) is 3.62. The fourth-order valence-corrected chi connectivity index (χ4v) is 3.39. The number of rotatable bonds is 5. The molecule has 0 unspecified atom stereocenters. The molecule has 0 atom stereocenters. The van der Waals surface area contributed by atoms with Crippen molar-refractivity contribution in [2.75, 3.05) is 32.1 Å². The second-order valence-electron chi connectivity index (χ2n) is 5.33. The van der Waals surface area contributed by atoms with Crippen molar-refractivity contribution in [3.63, 3.8) is 0 Å². The minimum atomic E-state index is -0.353. The number of urea groups is 1. The number of carbonyl (C=O) groups excluding carboxylic acids is 2. The van der Waals surface area contributed by atoms with Crippen LogP contribution < -0.4 is 10.6 Å². The lowest BCUT2D eigenvalue weighted by Gasteiger charge is -2.26. The molecule has 2 aromatic heterocycles. The summed E-state index contributed by atoms with van der Waals surface area (Å²) in [5, 5.41) is 6.04. The first-order valence-electron chi connectivity index (χ1n) is 7.75. The van der Waals surface area contributed by atoms with Gasteiger partial charge in [-0.3, -0.25) is 15.1 Å². The molecule has 0 spiro atoms. The zero-order chi connectivity index (χ0) is 17.6. The van der Waals surface area contributed by atoms with Crippen LogP contribution in [0.3, 0.4) is 0 Å². The Hall–Kier alpha value is -2.59. The molecule has 1 aliphatic heterocycles. The maximum atomic E-state index is 12.1. The lowest BCUT2D eigenvalue weighted by atomic mass is 10.2. The van der Waals surface area contributed by atoms with Crippen LogP contribution in [0.4, 0.5) is 9.93 Å². The van der Waals surface area contributed by atoms with E-state index in [9.17, 15) is 9.59 Å². The summed E-state index contributed by atoms with van der Waals surface area (Å²) in [6.07, 6.45) is 5.02. The summed E-state index contributed by atoms with van der Waals surface area (Å²) >= 11 is 1.37. The van der Waals surface area contributed by atoms with Crippen LogP contribution in [0.1, 0.15) is 21.1 Å². The first kappa shape index (κ1) is 17.2. The van der Waals surface area contributed by atoms with Crippen molar-refractivity contribution in [1.82, 2.24) is 25.2 Å². The van der Waals surface area contributed by atoms with Crippen molar-refractivity contribution in [3.8, 4) is 0 Å². The van der Waals surface area contributed by atoms with Crippen molar-refractivity contribution in [2.45, 2.75) is 13.0 Å². The maximum absolute atomic E-state index is 12.1. The summed E-state index contributed by atoms with van der Waals surface area (Å²) in [5.41, 5.74) is 1.15. The lowest BCUT2D eigenvalue weighted by molar-refractivity contribution is 0.102. The number of nitrogens with zero attached hydrogens (tertiary/aromatic N) is 4. The second-order valence-corrected chi connectivity index (χ2v) is 6.41. The molecule has 0 saturated heterocycles. The summed E-state index contributed by atoms with van der Waals surface area (Å²) in [6, 6.07) is -0.124. The van der Waals surface area contributed by atoms with Gasteiger partial charge in [0.2, 0.25) is 0 Å². The molecule has 0 aliphatic carbocycles. The molecule has 0 saturated carbocycles. The van der Waals surface area contributed by atoms with Crippen LogP contribution in [0, 0.1) is 0 Å². The van der Waals surface area contributed by atoms with Gasteiger partial charge in [0.25, 0.3) is 5.91 Å². The van der Waals surface area contributed by atoms with E-state index in [0.717, 1.165) is 10.6 Å².